The highest BCUT2D eigenvalue weighted by molar-refractivity contribution is 14.1. The van der Waals surface area contributed by atoms with Gasteiger partial charge in [-0.3, -0.25) is 19.3 Å². The van der Waals surface area contributed by atoms with Gasteiger partial charge in [0.25, 0.3) is 17.2 Å². The molecule has 0 saturated carbocycles. The Bertz CT molecular complexity index is 1520. The number of alkyl halides is 3. The molecule has 0 aliphatic carbocycles. The van der Waals surface area contributed by atoms with E-state index < -0.39 is 52.2 Å². The molecule has 0 bridgehead atoms. The standard InChI is InChI=1S/C23H14F5IN4O3S/c24-12-4-6-14(16(25)10-12)21(23(26,27)28)32-22(34)15-7-5-13(29)11-19(15)33(37(35)36)18-3-1-2-17-20(18)31-9-8-30-17/h1-11,21H,(H,32,34)(H,35,36). The quantitative estimate of drug-likeness (QED) is 0.156. The average Bonchev–Trinajstić information content (AvgIpc) is 2.82. The predicted octanol–water partition coefficient (Wildman–Crippen LogP) is 5.82. The van der Waals surface area contributed by atoms with Gasteiger partial charge in [0.15, 0.2) is 6.04 Å². The zero-order chi connectivity index (χ0) is 26.9. The number of nitrogens with zero attached hydrogens (tertiary/aromatic N) is 3. The minimum atomic E-state index is -5.15. The van der Waals surface area contributed by atoms with Crippen molar-refractivity contribution in [2.75, 3.05) is 4.31 Å². The maximum Gasteiger partial charge on any atom is 0.412 e. The van der Waals surface area contributed by atoms with Crippen LogP contribution >= 0.6 is 22.6 Å². The van der Waals surface area contributed by atoms with E-state index in [1.807, 2.05) is 22.6 Å². The molecular weight excluding hydrogens is 634 g/mol. The van der Waals surface area contributed by atoms with Gasteiger partial charge in [-0.05, 0) is 59.0 Å². The van der Waals surface area contributed by atoms with Gasteiger partial charge < -0.3 is 5.32 Å². The maximum absolute atomic E-state index is 14.2. The summed E-state index contributed by atoms with van der Waals surface area (Å²) < 4.78 is 93.1. The third-order valence-corrected chi connectivity index (χ3v) is 6.53. The number of para-hydroxylation sites is 1. The van der Waals surface area contributed by atoms with Crippen molar-refractivity contribution in [2.45, 2.75) is 12.2 Å². The summed E-state index contributed by atoms with van der Waals surface area (Å²) in [6.07, 6.45) is -2.40. The zero-order valence-corrected chi connectivity index (χ0v) is 21.2. The average molecular weight is 648 g/mol. The van der Waals surface area contributed by atoms with Crippen molar-refractivity contribution in [3.63, 3.8) is 0 Å². The van der Waals surface area contributed by atoms with E-state index >= 15 is 0 Å². The Morgan fingerprint density at radius 1 is 1.03 bits per heavy atom. The van der Waals surface area contributed by atoms with Gasteiger partial charge >= 0.3 is 6.18 Å². The van der Waals surface area contributed by atoms with Gasteiger partial charge in [-0.25, -0.2) is 17.3 Å². The summed E-state index contributed by atoms with van der Waals surface area (Å²) in [5, 5.41) is 1.73. The Labute approximate surface area is 222 Å². The largest absolute Gasteiger partial charge is 0.412 e. The van der Waals surface area contributed by atoms with E-state index in [0.29, 0.717) is 21.2 Å². The van der Waals surface area contributed by atoms with Crippen molar-refractivity contribution in [3.05, 3.63) is 93.3 Å². The Balaban J connectivity index is 1.83. The summed E-state index contributed by atoms with van der Waals surface area (Å²) in [5.41, 5.74) is -1.03. The lowest BCUT2D eigenvalue weighted by molar-refractivity contribution is -0.155. The fourth-order valence-corrected chi connectivity index (χ4v) is 4.69. The van der Waals surface area contributed by atoms with E-state index in [0.717, 1.165) is 10.4 Å². The third-order valence-electron chi connectivity index (χ3n) is 5.15. The Morgan fingerprint density at radius 3 is 2.43 bits per heavy atom. The fourth-order valence-electron chi connectivity index (χ4n) is 3.58. The second kappa shape index (κ2) is 10.6. The molecule has 4 aromatic rings. The minimum Gasteiger partial charge on any atom is -0.337 e. The molecule has 2 unspecified atom stereocenters. The number of aromatic nitrogens is 2. The monoisotopic (exact) mass is 648 g/mol. The number of carbonyl (C=O) groups excluding carboxylic acids is 1. The zero-order valence-electron chi connectivity index (χ0n) is 18.2. The molecule has 192 valence electrons. The van der Waals surface area contributed by atoms with Gasteiger partial charge in [0.2, 0.25) is 0 Å². The maximum atomic E-state index is 14.2. The van der Waals surface area contributed by atoms with Crippen LogP contribution in [0.1, 0.15) is 22.0 Å². The number of halogens is 6. The smallest absolute Gasteiger partial charge is 0.337 e. The molecule has 2 N–H and O–H groups in total. The molecule has 1 aromatic heterocycles. The molecule has 0 aliphatic rings. The van der Waals surface area contributed by atoms with E-state index in [2.05, 4.69) is 9.97 Å². The van der Waals surface area contributed by atoms with Crippen LogP contribution in [-0.4, -0.2) is 30.8 Å². The van der Waals surface area contributed by atoms with Gasteiger partial charge in [0, 0.05) is 27.6 Å². The molecule has 2 atom stereocenters. The first-order valence-electron chi connectivity index (χ1n) is 10.2. The molecular formula is C23H14F5IN4O3S. The third kappa shape index (κ3) is 5.70. The Kier molecular flexibility index (Phi) is 7.70. The molecule has 7 nitrogen and oxygen atoms in total. The van der Waals surface area contributed by atoms with Gasteiger partial charge in [-0.1, -0.05) is 12.1 Å². The van der Waals surface area contributed by atoms with Crippen LogP contribution in [-0.2, 0) is 11.3 Å². The number of benzene rings is 3. The molecule has 0 radical (unpaired) electrons. The first-order chi connectivity index (χ1) is 17.5. The van der Waals surface area contributed by atoms with Gasteiger partial charge in [0.1, 0.15) is 17.2 Å². The number of nitrogens with one attached hydrogen (secondary N) is 1. The number of hydrogen-bond acceptors (Lipinski definition) is 4. The Morgan fingerprint density at radius 2 is 1.76 bits per heavy atom. The highest BCUT2D eigenvalue weighted by Crippen LogP contribution is 2.37. The van der Waals surface area contributed by atoms with Crippen molar-refractivity contribution < 1.29 is 35.5 Å². The molecule has 37 heavy (non-hydrogen) atoms. The summed E-state index contributed by atoms with van der Waals surface area (Å²) in [6, 6.07) is 7.10. The van der Waals surface area contributed by atoms with Crippen molar-refractivity contribution >= 4 is 62.2 Å². The Hall–Kier alpha value is -3.24. The van der Waals surface area contributed by atoms with Crippen molar-refractivity contribution in [1.29, 1.82) is 0 Å². The van der Waals surface area contributed by atoms with E-state index in [4.69, 9.17) is 0 Å². The van der Waals surface area contributed by atoms with Crippen LogP contribution < -0.4 is 9.62 Å². The first-order valence-corrected chi connectivity index (χ1v) is 12.3. The summed E-state index contributed by atoms with van der Waals surface area (Å²) in [7, 11) is 0. The lowest BCUT2D eigenvalue weighted by atomic mass is 10.0. The van der Waals surface area contributed by atoms with Crippen molar-refractivity contribution in [1.82, 2.24) is 15.3 Å². The summed E-state index contributed by atoms with van der Waals surface area (Å²) >= 11 is -0.947. The number of hydrogen-bond donors (Lipinski definition) is 2. The molecule has 1 heterocycles. The fraction of sp³-hybridized carbons (Fsp3) is 0.0870. The van der Waals surface area contributed by atoms with Crippen molar-refractivity contribution in [2.24, 2.45) is 0 Å². The van der Waals surface area contributed by atoms with Crippen LogP contribution in [0.25, 0.3) is 11.0 Å². The predicted molar refractivity (Wildman–Crippen MR) is 134 cm³/mol. The van der Waals surface area contributed by atoms with E-state index in [1.165, 1.54) is 36.7 Å². The van der Waals surface area contributed by atoms with E-state index in [-0.39, 0.29) is 23.0 Å². The summed E-state index contributed by atoms with van der Waals surface area (Å²) in [4.78, 5) is 21.5. The molecule has 0 saturated heterocycles. The highest BCUT2D eigenvalue weighted by Gasteiger charge is 2.44. The summed E-state index contributed by atoms with van der Waals surface area (Å²) in [6.45, 7) is 0. The second-order valence-corrected chi connectivity index (χ2v) is 9.57. The number of anilines is 2. The van der Waals surface area contributed by atoms with E-state index in [9.17, 15) is 35.5 Å². The van der Waals surface area contributed by atoms with E-state index in [1.54, 1.807) is 11.4 Å². The topological polar surface area (TPSA) is 95.4 Å². The van der Waals surface area contributed by atoms with Crippen LogP contribution in [0.3, 0.4) is 0 Å². The van der Waals surface area contributed by atoms with Crippen LogP contribution in [0.5, 0.6) is 0 Å². The second-order valence-electron chi connectivity index (χ2n) is 7.50. The first kappa shape index (κ1) is 26.8. The van der Waals surface area contributed by atoms with Crippen LogP contribution in [0, 0.1) is 15.2 Å². The molecule has 1 amide bonds. The number of fused-ring (bicyclic) bond motifs is 1. The highest BCUT2D eigenvalue weighted by atomic mass is 127. The molecule has 0 spiro atoms. The van der Waals surface area contributed by atoms with Gasteiger partial charge in [0.05, 0.1) is 22.5 Å². The molecule has 0 fully saturated rings. The SMILES string of the molecule is O=C(NC(c1ccc(F)cc1F)C(F)(F)F)c1ccc(I)cc1N(c1cccc2nccnc12)S(=O)O. The summed E-state index contributed by atoms with van der Waals surface area (Å²) in [5.74, 6) is -3.91. The minimum absolute atomic E-state index is 0.0550. The van der Waals surface area contributed by atoms with Gasteiger partial charge in [-0.15, -0.1) is 0 Å². The van der Waals surface area contributed by atoms with Crippen molar-refractivity contribution in [3.8, 4) is 0 Å². The normalized spacial score (nSPS) is 13.3. The van der Waals surface area contributed by atoms with Gasteiger partial charge in [-0.2, -0.15) is 13.2 Å². The number of rotatable bonds is 6. The number of amides is 1. The van der Waals surface area contributed by atoms with Crippen LogP contribution in [0.2, 0.25) is 0 Å². The molecule has 14 heteroatoms. The lowest BCUT2D eigenvalue weighted by Crippen LogP contribution is -2.39. The molecule has 0 aliphatic heterocycles. The van der Waals surface area contributed by atoms with Crippen LogP contribution in [0.4, 0.5) is 33.3 Å². The van der Waals surface area contributed by atoms with Crippen LogP contribution in [0.15, 0.2) is 67.0 Å². The molecule has 3 aromatic carbocycles. The lowest BCUT2D eigenvalue weighted by Gasteiger charge is -2.26. The number of carbonyl (C=O) groups is 1. The molecule has 4 rings (SSSR count).